The highest BCUT2D eigenvalue weighted by atomic mass is 32.1. The Morgan fingerprint density at radius 2 is 2.16 bits per heavy atom. The highest BCUT2D eigenvalue weighted by Gasteiger charge is 2.18. The van der Waals surface area contributed by atoms with Gasteiger partial charge in [-0.25, -0.2) is 4.98 Å². The van der Waals surface area contributed by atoms with Crippen LogP contribution in [0.2, 0.25) is 0 Å². The lowest BCUT2D eigenvalue weighted by Crippen LogP contribution is -1.90. The molecule has 0 aliphatic carbocycles. The van der Waals surface area contributed by atoms with Crippen molar-refractivity contribution in [3.05, 3.63) is 46.8 Å². The molecule has 2 heterocycles. The highest BCUT2D eigenvalue weighted by Crippen LogP contribution is 2.36. The third-order valence-electron chi connectivity index (χ3n) is 2.68. The summed E-state index contributed by atoms with van der Waals surface area (Å²) in [6, 6.07) is 6.93. The zero-order valence-electron chi connectivity index (χ0n) is 9.61. The van der Waals surface area contributed by atoms with Gasteiger partial charge in [-0.05, 0) is 17.7 Å². The lowest BCUT2D eigenvalue weighted by atomic mass is 10.1. The maximum Gasteiger partial charge on any atom is 0.289 e. The fourth-order valence-corrected chi connectivity index (χ4v) is 2.67. The van der Waals surface area contributed by atoms with Crippen LogP contribution in [-0.4, -0.2) is 14.9 Å². The molecule has 0 aliphatic heterocycles. The van der Waals surface area contributed by atoms with Crippen molar-refractivity contribution in [1.29, 1.82) is 0 Å². The summed E-state index contributed by atoms with van der Waals surface area (Å²) >= 11 is 1.12. The van der Waals surface area contributed by atoms with Gasteiger partial charge in [0.05, 0.1) is 10.4 Å². The molecule has 6 nitrogen and oxygen atoms in total. The van der Waals surface area contributed by atoms with Crippen molar-refractivity contribution in [1.82, 2.24) is 9.97 Å². The van der Waals surface area contributed by atoms with E-state index in [0.717, 1.165) is 16.9 Å². The first-order valence-corrected chi connectivity index (χ1v) is 6.21. The van der Waals surface area contributed by atoms with Gasteiger partial charge >= 0.3 is 0 Å². The van der Waals surface area contributed by atoms with E-state index >= 15 is 0 Å². The normalized spacial score (nSPS) is 10.7. The van der Waals surface area contributed by atoms with Gasteiger partial charge in [-0.3, -0.25) is 15.1 Å². The number of nitro benzene ring substituents is 1. The molecule has 0 aliphatic rings. The van der Waals surface area contributed by atoms with Crippen molar-refractivity contribution in [3.8, 4) is 11.1 Å². The van der Waals surface area contributed by atoms with E-state index in [1.165, 1.54) is 6.07 Å². The Balaban J connectivity index is 2.30. The molecule has 0 amide bonds. The number of nitrogens with zero attached hydrogens (tertiary/aromatic N) is 3. The van der Waals surface area contributed by atoms with E-state index < -0.39 is 4.92 Å². The van der Waals surface area contributed by atoms with E-state index in [4.69, 9.17) is 5.73 Å². The van der Waals surface area contributed by atoms with Gasteiger partial charge in [-0.1, -0.05) is 17.4 Å². The van der Waals surface area contributed by atoms with Crippen molar-refractivity contribution in [2.45, 2.75) is 0 Å². The minimum atomic E-state index is -0.417. The molecule has 0 bridgehead atoms. The lowest BCUT2D eigenvalue weighted by Gasteiger charge is -2.01. The van der Waals surface area contributed by atoms with E-state index in [1.54, 1.807) is 24.5 Å². The number of nitro groups is 1. The number of rotatable bonds is 2. The van der Waals surface area contributed by atoms with Crippen LogP contribution in [0.25, 0.3) is 21.3 Å². The number of nitrogen functional groups attached to an aromatic ring is 1. The number of hydrogen-bond donors (Lipinski definition) is 1. The Morgan fingerprint density at radius 1 is 1.32 bits per heavy atom. The number of nitrogens with two attached hydrogens (primary N) is 1. The number of pyridine rings is 1. The number of aromatic nitrogens is 2. The maximum atomic E-state index is 11.1. The van der Waals surface area contributed by atoms with E-state index in [2.05, 4.69) is 9.97 Å². The zero-order valence-corrected chi connectivity index (χ0v) is 10.4. The Labute approximate surface area is 111 Å². The average Bonchev–Trinajstić information content (AvgIpc) is 2.78. The number of non-ortho nitro benzene ring substituents is 1. The van der Waals surface area contributed by atoms with Gasteiger partial charge in [0.25, 0.3) is 5.69 Å². The van der Waals surface area contributed by atoms with Crippen molar-refractivity contribution in [3.63, 3.8) is 0 Å². The van der Waals surface area contributed by atoms with Gasteiger partial charge in [0.15, 0.2) is 5.13 Å². The molecule has 0 saturated carbocycles. The first kappa shape index (κ1) is 11.5. The Hall–Kier alpha value is -2.54. The minimum absolute atomic E-state index is 0.0190. The molecule has 0 spiro atoms. The largest absolute Gasteiger partial charge is 0.375 e. The predicted octanol–water partition coefficient (Wildman–Crippen LogP) is 2.85. The fourth-order valence-electron chi connectivity index (χ4n) is 1.87. The monoisotopic (exact) mass is 272 g/mol. The van der Waals surface area contributed by atoms with Crippen LogP contribution in [0.3, 0.4) is 0 Å². The van der Waals surface area contributed by atoms with Crippen molar-refractivity contribution in [2.75, 3.05) is 5.73 Å². The Kier molecular flexibility index (Phi) is 2.60. The van der Waals surface area contributed by atoms with Crippen LogP contribution in [0.15, 0.2) is 36.7 Å². The fraction of sp³-hybridized carbons (Fsp3) is 0. The van der Waals surface area contributed by atoms with Gasteiger partial charge in [0.1, 0.15) is 4.70 Å². The maximum absolute atomic E-state index is 11.1. The summed E-state index contributed by atoms with van der Waals surface area (Å²) in [7, 11) is 0. The Morgan fingerprint density at radius 3 is 2.84 bits per heavy atom. The highest BCUT2D eigenvalue weighted by molar-refractivity contribution is 7.22. The molecule has 19 heavy (non-hydrogen) atoms. The van der Waals surface area contributed by atoms with Crippen LogP contribution >= 0.6 is 11.3 Å². The van der Waals surface area contributed by atoms with Crippen LogP contribution < -0.4 is 5.73 Å². The first-order valence-electron chi connectivity index (χ1n) is 5.40. The second-order valence-electron chi connectivity index (χ2n) is 3.89. The summed E-state index contributed by atoms with van der Waals surface area (Å²) < 4.78 is 0.496. The quantitative estimate of drug-likeness (QED) is 0.571. The summed E-state index contributed by atoms with van der Waals surface area (Å²) in [5.41, 5.74) is 7.69. The standard InChI is InChI=1S/C12H8N4O2S/c13-12-15-9-4-8(7-2-1-3-14-6-7)5-10(16(17)18)11(9)19-12/h1-6H,(H2,13,15). The molecular formula is C12H8N4O2S. The molecule has 0 fully saturated rings. The van der Waals surface area contributed by atoms with Gasteiger partial charge in [-0.15, -0.1) is 0 Å². The van der Waals surface area contributed by atoms with Crippen LogP contribution in [-0.2, 0) is 0 Å². The predicted molar refractivity (Wildman–Crippen MR) is 73.9 cm³/mol. The molecule has 0 atom stereocenters. The molecular weight excluding hydrogens is 264 g/mol. The summed E-state index contributed by atoms with van der Waals surface area (Å²) in [6.45, 7) is 0. The topological polar surface area (TPSA) is 94.9 Å². The van der Waals surface area contributed by atoms with E-state index in [0.29, 0.717) is 20.9 Å². The van der Waals surface area contributed by atoms with Gasteiger partial charge < -0.3 is 5.73 Å². The molecule has 3 rings (SSSR count). The molecule has 94 valence electrons. The number of hydrogen-bond acceptors (Lipinski definition) is 6. The Bertz CT molecular complexity index is 770. The average molecular weight is 272 g/mol. The van der Waals surface area contributed by atoms with Crippen molar-refractivity contribution in [2.24, 2.45) is 0 Å². The SMILES string of the molecule is Nc1nc2cc(-c3cccnc3)cc([N+](=O)[O-])c2s1. The molecule has 3 aromatic rings. The zero-order chi connectivity index (χ0) is 13.4. The molecule has 1 aromatic carbocycles. The van der Waals surface area contributed by atoms with E-state index in [9.17, 15) is 10.1 Å². The molecule has 0 unspecified atom stereocenters. The summed E-state index contributed by atoms with van der Waals surface area (Å²) in [5.74, 6) is 0. The van der Waals surface area contributed by atoms with E-state index in [1.807, 2.05) is 6.07 Å². The molecule has 2 aromatic heterocycles. The molecule has 7 heteroatoms. The van der Waals surface area contributed by atoms with E-state index in [-0.39, 0.29) is 5.69 Å². The second-order valence-corrected chi connectivity index (χ2v) is 4.93. The molecule has 0 radical (unpaired) electrons. The summed E-state index contributed by atoms with van der Waals surface area (Å²) in [4.78, 5) is 18.8. The summed E-state index contributed by atoms with van der Waals surface area (Å²) in [5, 5.41) is 11.5. The third kappa shape index (κ3) is 2.00. The number of benzene rings is 1. The smallest absolute Gasteiger partial charge is 0.289 e. The van der Waals surface area contributed by atoms with Crippen LogP contribution in [0.5, 0.6) is 0 Å². The summed E-state index contributed by atoms with van der Waals surface area (Å²) in [6.07, 6.45) is 3.30. The second kappa shape index (κ2) is 4.29. The van der Waals surface area contributed by atoms with Gasteiger partial charge in [0.2, 0.25) is 0 Å². The van der Waals surface area contributed by atoms with Crippen LogP contribution in [0.1, 0.15) is 0 Å². The first-order chi connectivity index (χ1) is 9.15. The molecule has 0 saturated heterocycles. The van der Waals surface area contributed by atoms with Gasteiger partial charge in [-0.2, -0.15) is 0 Å². The third-order valence-corrected chi connectivity index (χ3v) is 3.60. The number of anilines is 1. The lowest BCUT2D eigenvalue weighted by molar-refractivity contribution is -0.382. The van der Waals surface area contributed by atoms with Crippen molar-refractivity contribution >= 4 is 32.4 Å². The minimum Gasteiger partial charge on any atom is -0.375 e. The van der Waals surface area contributed by atoms with Crippen LogP contribution in [0.4, 0.5) is 10.8 Å². The van der Waals surface area contributed by atoms with Gasteiger partial charge in [0, 0.05) is 24.0 Å². The number of fused-ring (bicyclic) bond motifs is 1. The van der Waals surface area contributed by atoms with Crippen molar-refractivity contribution < 1.29 is 4.92 Å². The van der Waals surface area contributed by atoms with Crippen LogP contribution in [0, 0.1) is 10.1 Å². The number of thiazole rings is 1. The molecule has 2 N–H and O–H groups in total.